The van der Waals surface area contributed by atoms with Crippen molar-refractivity contribution in [2.45, 2.75) is 44.0 Å². The van der Waals surface area contributed by atoms with Crippen LogP contribution < -0.4 is 4.72 Å². The van der Waals surface area contributed by atoms with Crippen molar-refractivity contribution >= 4 is 10.0 Å². The van der Waals surface area contributed by atoms with Crippen LogP contribution in [0.15, 0.2) is 23.1 Å². The van der Waals surface area contributed by atoms with E-state index in [2.05, 4.69) is 4.72 Å². The minimum absolute atomic E-state index is 0.0105. The number of hydrogen-bond donors (Lipinski definition) is 2. The highest BCUT2D eigenvalue weighted by Crippen LogP contribution is 2.34. The largest absolute Gasteiger partial charge is 0.396 e. The van der Waals surface area contributed by atoms with Gasteiger partial charge in [-0.15, -0.1) is 0 Å². The fourth-order valence-corrected chi connectivity index (χ4v) is 3.96. The molecule has 1 aromatic rings. The van der Waals surface area contributed by atoms with Gasteiger partial charge in [0.15, 0.2) is 0 Å². The van der Waals surface area contributed by atoms with Gasteiger partial charge in [-0.3, -0.25) is 0 Å². The zero-order valence-corrected chi connectivity index (χ0v) is 12.2. The molecular formula is C14H21NO3S. The number of sulfonamides is 1. The second-order valence-corrected chi connectivity index (χ2v) is 7.03. The number of nitrogens with one attached hydrogen (secondary N) is 1. The molecule has 2 rings (SSSR count). The normalized spacial score (nSPS) is 17.4. The summed E-state index contributed by atoms with van der Waals surface area (Å²) in [7, 11) is -3.50. The molecule has 0 aliphatic heterocycles. The zero-order chi connectivity index (χ0) is 14.0. The molecule has 2 N–H and O–H groups in total. The van der Waals surface area contributed by atoms with E-state index in [4.69, 9.17) is 5.11 Å². The molecule has 1 atom stereocenters. The number of rotatable bonds is 6. The maximum absolute atomic E-state index is 12.4. The van der Waals surface area contributed by atoms with Crippen molar-refractivity contribution in [2.75, 3.05) is 6.61 Å². The molecule has 1 aliphatic carbocycles. The molecule has 1 saturated carbocycles. The van der Waals surface area contributed by atoms with Crippen LogP contribution in [-0.2, 0) is 10.0 Å². The van der Waals surface area contributed by atoms with Crippen molar-refractivity contribution in [1.82, 2.24) is 4.72 Å². The Labute approximate surface area is 114 Å². The van der Waals surface area contributed by atoms with Crippen molar-refractivity contribution in [3.05, 3.63) is 29.3 Å². The van der Waals surface area contributed by atoms with Crippen LogP contribution in [0.2, 0.25) is 0 Å². The van der Waals surface area contributed by atoms with Gasteiger partial charge in [-0.2, -0.15) is 0 Å². The monoisotopic (exact) mass is 283 g/mol. The molecule has 0 amide bonds. The summed E-state index contributed by atoms with van der Waals surface area (Å²) in [6.45, 7) is 3.76. The summed E-state index contributed by atoms with van der Waals surface area (Å²) in [5.74, 6) is 0.382. The predicted molar refractivity (Wildman–Crippen MR) is 74.5 cm³/mol. The Kier molecular flexibility index (Phi) is 4.28. The van der Waals surface area contributed by atoms with Crippen LogP contribution >= 0.6 is 0 Å². The average Bonchev–Trinajstić information content (AvgIpc) is 3.11. The van der Waals surface area contributed by atoms with Crippen molar-refractivity contribution in [2.24, 2.45) is 5.92 Å². The quantitative estimate of drug-likeness (QED) is 0.836. The van der Waals surface area contributed by atoms with Crippen molar-refractivity contribution in [3.63, 3.8) is 0 Å². The molecule has 0 heterocycles. The average molecular weight is 283 g/mol. The van der Waals surface area contributed by atoms with Crippen LogP contribution in [-0.4, -0.2) is 26.2 Å². The van der Waals surface area contributed by atoms with Gasteiger partial charge in [0.2, 0.25) is 10.0 Å². The first kappa shape index (κ1) is 14.5. The highest BCUT2D eigenvalue weighted by molar-refractivity contribution is 7.89. The topological polar surface area (TPSA) is 66.4 Å². The van der Waals surface area contributed by atoms with Crippen LogP contribution in [0.4, 0.5) is 0 Å². The molecule has 19 heavy (non-hydrogen) atoms. The van der Waals surface area contributed by atoms with Gasteiger partial charge in [0.25, 0.3) is 0 Å². The fourth-order valence-electron chi connectivity index (χ4n) is 2.39. The molecule has 1 fully saturated rings. The summed E-state index contributed by atoms with van der Waals surface area (Å²) in [6, 6.07) is 5.18. The summed E-state index contributed by atoms with van der Waals surface area (Å²) < 4.78 is 27.5. The molecule has 1 unspecified atom stereocenters. The second kappa shape index (κ2) is 5.61. The van der Waals surface area contributed by atoms with Gasteiger partial charge in [-0.1, -0.05) is 17.7 Å². The van der Waals surface area contributed by atoms with Crippen molar-refractivity contribution in [1.29, 1.82) is 0 Å². The van der Waals surface area contributed by atoms with Gasteiger partial charge in [0.1, 0.15) is 0 Å². The molecule has 0 spiro atoms. The van der Waals surface area contributed by atoms with Crippen LogP contribution in [0.5, 0.6) is 0 Å². The second-order valence-electron chi connectivity index (χ2n) is 5.35. The third-order valence-corrected chi connectivity index (χ3v) is 5.21. The van der Waals surface area contributed by atoms with Crippen LogP contribution in [0.3, 0.4) is 0 Å². The minimum atomic E-state index is -3.50. The van der Waals surface area contributed by atoms with E-state index < -0.39 is 10.0 Å². The van der Waals surface area contributed by atoms with Gasteiger partial charge >= 0.3 is 0 Å². The molecule has 0 radical (unpaired) electrons. The fraction of sp³-hybridized carbons (Fsp3) is 0.571. The third kappa shape index (κ3) is 3.55. The van der Waals surface area contributed by atoms with E-state index in [1.165, 1.54) is 0 Å². The smallest absolute Gasteiger partial charge is 0.241 e. The van der Waals surface area contributed by atoms with Crippen LogP contribution in [0.25, 0.3) is 0 Å². The predicted octanol–water partition coefficient (Wildman–Crippen LogP) is 1.74. The van der Waals surface area contributed by atoms with E-state index in [1.54, 1.807) is 19.1 Å². The molecule has 0 bridgehead atoms. The lowest BCUT2D eigenvalue weighted by molar-refractivity contribution is 0.265. The molecular weight excluding hydrogens is 262 g/mol. The molecule has 1 aliphatic rings. The van der Waals surface area contributed by atoms with Crippen molar-refractivity contribution < 1.29 is 13.5 Å². The molecule has 0 aromatic heterocycles. The number of benzene rings is 1. The van der Waals surface area contributed by atoms with Crippen molar-refractivity contribution in [3.8, 4) is 0 Å². The summed E-state index contributed by atoms with van der Waals surface area (Å²) in [5.41, 5.74) is 1.80. The zero-order valence-electron chi connectivity index (χ0n) is 11.4. The Morgan fingerprint density at radius 2 is 2.05 bits per heavy atom. The van der Waals surface area contributed by atoms with E-state index in [0.717, 1.165) is 24.0 Å². The van der Waals surface area contributed by atoms with E-state index in [-0.39, 0.29) is 12.6 Å². The molecule has 1 aromatic carbocycles. The Hall–Kier alpha value is -0.910. The summed E-state index contributed by atoms with van der Waals surface area (Å²) in [6.07, 6.45) is 2.56. The molecule has 106 valence electrons. The van der Waals surface area contributed by atoms with Gasteiger partial charge in [-0.25, -0.2) is 13.1 Å². The highest BCUT2D eigenvalue weighted by Gasteiger charge is 2.34. The van der Waals surface area contributed by atoms with Gasteiger partial charge in [0, 0.05) is 12.6 Å². The standard InChI is InChI=1S/C14H21NO3S/c1-10-3-6-14(11(2)9-10)19(17,18)15-13(7-8-16)12-4-5-12/h3,6,9,12-13,15-16H,4-5,7-8H2,1-2H3. The van der Waals surface area contributed by atoms with E-state index in [9.17, 15) is 8.42 Å². The van der Waals surface area contributed by atoms with Gasteiger partial charge < -0.3 is 5.11 Å². The summed E-state index contributed by atoms with van der Waals surface area (Å²) in [5, 5.41) is 9.04. The van der Waals surface area contributed by atoms with Crippen LogP contribution in [0.1, 0.15) is 30.4 Å². The number of hydrogen-bond acceptors (Lipinski definition) is 3. The Morgan fingerprint density at radius 3 is 2.58 bits per heavy atom. The number of aryl methyl sites for hydroxylation is 2. The molecule has 5 heteroatoms. The first-order valence-electron chi connectivity index (χ1n) is 6.64. The van der Waals surface area contributed by atoms with E-state index in [0.29, 0.717) is 17.2 Å². The lowest BCUT2D eigenvalue weighted by atomic mass is 10.1. The minimum Gasteiger partial charge on any atom is -0.396 e. The SMILES string of the molecule is Cc1ccc(S(=O)(=O)NC(CCO)C2CC2)c(C)c1. The number of aliphatic hydroxyl groups is 1. The van der Waals surface area contributed by atoms with Crippen LogP contribution in [0, 0.1) is 19.8 Å². The highest BCUT2D eigenvalue weighted by atomic mass is 32.2. The Bertz CT molecular complexity index is 550. The summed E-state index contributed by atoms with van der Waals surface area (Å²) >= 11 is 0. The first-order chi connectivity index (χ1) is 8.94. The van der Waals surface area contributed by atoms with Gasteiger partial charge in [0.05, 0.1) is 4.90 Å². The maximum atomic E-state index is 12.4. The lowest BCUT2D eigenvalue weighted by Crippen LogP contribution is -2.37. The Balaban J connectivity index is 2.21. The maximum Gasteiger partial charge on any atom is 0.241 e. The summed E-state index contributed by atoms with van der Waals surface area (Å²) in [4.78, 5) is 0.335. The Morgan fingerprint density at radius 1 is 1.37 bits per heavy atom. The van der Waals surface area contributed by atoms with E-state index in [1.807, 2.05) is 13.0 Å². The third-order valence-electron chi connectivity index (χ3n) is 3.56. The van der Waals surface area contributed by atoms with Gasteiger partial charge in [-0.05, 0) is 50.7 Å². The van der Waals surface area contributed by atoms with E-state index >= 15 is 0 Å². The number of aliphatic hydroxyl groups excluding tert-OH is 1. The first-order valence-corrected chi connectivity index (χ1v) is 8.13. The molecule has 4 nitrogen and oxygen atoms in total. The molecule has 0 saturated heterocycles. The lowest BCUT2D eigenvalue weighted by Gasteiger charge is -2.18.